The van der Waals surface area contributed by atoms with Gasteiger partial charge < -0.3 is 14.5 Å². The summed E-state index contributed by atoms with van der Waals surface area (Å²) in [6.45, 7) is 0.990. The van der Waals surface area contributed by atoms with E-state index in [2.05, 4.69) is 5.32 Å². The van der Waals surface area contributed by atoms with Gasteiger partial charge >= 0.3 is 0 Å². The molecule has 1 aromatic rings. The zero-order chi connectivity index (χ0) is 18.0. The monoisotopic (exact) mass is 353 g/mol. The summed E-state index contributed by atoms with van der Waals surface area (Å²) in [7, 11) is 1.54. The largest absolute Gasteiger partial charge is 0.497 e. The predicted molar refractivity (Wildman–Crippen MR) is 86.8 cm³/mol. The summed E-state index contributed by atoms with van der Waals surface area (Å²) < 4.78 is 31.6. The van der Waals surface area contributed by atoms with Crippen LogP contribution in [0.25, 0.3) is 0 Å². The minimum Gasteiger partial charge on any atom is -0.497 e. The van der Waals surface area contributed by atoms with E-state index in [0.29, 0.717) is 37.5 Å². The number of hydrogen-bond acceptors (Lipinski definition) is 4. The number of alkyl halides is 2. The lowest BCUT2D eigenvalue weighted by atomic mass is 10.1. The number of benzene rings is 1. The second-order valence-corrected chi connectivity index (χ2v) is 6.34. The van der Waals surface area contributed by atoms with Gasteiger partial charge in [-0.05, 0) is 18.2 Å². The van der Waals surface area contributed by atoms with Crippen molar-refractivity contribution in [2.45, 2.75) is 18.4 Å². The van der Waals surface area contributed by atoms with Crippen LogP contribution < -0.4 is 10.1 Å². The van der Waals surface area contributed by atoms with Crippen LogP contribution >= 0.6 is 0 Å². The first-order valence-electron chi connectivity index (χ1n) is 8.23. The van der Waals surface area contributed by atoms with Crippen molar-refractivity contribution >= 4 is 11.8 Å². The lowest BCUT2D eigenvalue weighted by molar-refractivity contribution is -0.135. The van der Waals surface area contributed by atoms with Crippen molar-refractivity contribution in [3.8, 4) is 5.75 Å². The van der Waals surface area contributed by atoms with Gasteiger partial charge in [-0.1, -0.05) is 6.07 Å². The maximum absolute atomic E-state index is 13.2. The fourth-order valence-corrected chi connectivity index (χ4v) is 3.18. The highest BCUT2D eigenvalue weighted by atomic mass is 19.3. The Kier molecular flexibility index (Phi) is 4.89. The topological polar surface area (TPSA) is 61.9 Å². The molecule has 0 bridgehead atoms. The van der Waals surface area contributed by atoms with Crippen molar-refractivity contribution in [1.29, 1.82) is 0 Å². The van der Waals surface area contributed by atoms with Gasteiger partial charge in [0.15, 0.2) is 0 Å². The number of piperazine rings is 1. The third-order valence-electron chi connectivity index (χ3n) is 4.60. The molecule has 0 spiro atoms. The number of rotatable bonds is 3. The Bertz CT molecular complexity index is 660. The second-order valence-electron chi connectivity index (χ2n) is 6.34. The van der Waals surface area contributed by atoms with Gasteiger partial charge in [0.25, 0.3) is 11.8 Å². The molecule has 25 heavy (non-hydrogen) atoms. The Labute approximate surface area is 144 Å². The minimum atomic E-state index is -2.83. The molecule has 1 N–H and O–H groups in total. The Balaban J connectivity index is 1.56. The molecule has 0 radical (unpaired) electrons. The van der Waals surface area contributed by atoms with Gasteiger partial charge in [-0.2, -0.15) is 0 Å². The maximum atomic E-state index is 13.2. The molecule has 2 saturated heterocycles. The number of ether oxygens (including phenoxy) is 1. The highest BCUT2D eigenvalue weighted by Gasteiger charge is 2.43. The van der Waals surface area contributed by atoms with Crippen LogP contribution in [0.2, 0.25) is 0 Å². The van der Waals surface area contributed by atoms with Crippen LogP contribution in [-0.4, -0.2) is 73.4 Å². The van der Waals surface area contributed by atoms with Gasteiger partial charge in [0, 0.05) is 38.2 Å². The highest BCUT2D eigenvalue weighted by Crippen LogP contribution is 2.26. The van der Waals surface area contributed by atoms with Gasteiger partial charge in [0.1, 0.15) is 5.75 Å². The van der Waals surface area contributed by atoms with E-state index in [1.54, 1.807) is 34.1 Å². The Morgan fingerprint density at radius 2 is 1.88 bits per heavy atom. The Hall–Kier alpha value is -2.22. The average Bonchev–Trinajstić information content (AvgIpc) is 3.00. The molecule has 136 valence electrons. The maximum Gasteiger partial charge on any atom is 0.262 e. The number of nitrogens with zero attached hydrogens (tertiary/aromatic N) is 2. The van der Waals surface area contributed by atoms with E-state index in [4.69, 9.17) is 4.74 Å². The minimum absolute atomic E-state index is 0.128. The van der Waals surface area contributed by atoms with E-state index in [0.717, 1.165) is 0 Å². The van der Waals surface area contributed by atoms with Gasteiger partial charge in [-0.25, -0.2) is 8.78 Å². The number of nitrogens with one attached hydrogen (secondary N) is 1. The molecule has 0 saturated carbocycles. The first kappa shape index (κ1) is 17.6. The Morgan fingerprint density at radius 1 is 1.20 bits per heavy atom. The molecule has 2 aliphatic heterocycles. The van der Waals surface area contributed by atoms with E-state index < -0.39 is 24.9 Å². The van der Waals surface area contributed by atoms with Crippen LogP contribution in [0.4, 0.5) is 8.78 Å². The normalized spacial score (nSPS) is 22.8. The third-order valence-corrected chi connectivity index (χ3v) is 4.60. The number of carbonyl (C=O) groups is 2. The molecule has 0 aromatic heterocycles. The summed E-state index contributed by atoms with van der Waals surface area (Å²) in [5, 5.41) is 2.58. The summed E-state index contributed by atoms with van der Waals surface area (Å²) in [6.07, 6.45) is -0.464. The fraction of sp³-hybridized carbons (Fsp3) is 0.529. The van der Waals surface area contributed by atoms with Crippen molar-refractivity contribution in [3.63, 3.8) is 0 Å². The third kappa shape index (κ3) is 3.89. The molecular weight excluding hydrogens is 332 g/mol. The van der Waals surface area contributed by atoms with Crippen molar-refractivity contribution in [2.75, 3.05) is 39.8 Å². The summed E-state index contributed by atoms with van der Waals surface area (Å²) in [5.74, 6) is -2.67. The van der Waals surface area contributed by atoms with Crippen molar-refractivity contribution < 1.29 is 23.1 Å². The lowest BCUT2D eigenvalue weighted by Gasteiger charge is -2.36. The summed E-state index contributed by atoms with van der Waals surface area (Å²) in [6, 6.07) is 6.06. The summed E-state index contributed by atoms with van der Waals surface area (Å²) in [4.78, 5) is 28.1. The first-order valence-corrected chi connectivity index (χ1v) is 8.23. The van der Waals surface area contributed by atoms with Gasteiger partial charge in [-0.3, -0.25) is 14.9 Å². The van der Waals surface area contributed by atoms with Crippen LogP contribution in [0.3, 0.4) is 0 Å². The molecule has 1 atom stereocenters. The average molecular weight is 353 g/mol. The van der Waals surface area contributed by atoms with E-state index in [1.165, 1.54) is 7.11 Å². The van der Waals surface area contributed by atoms with Crippen LogP contribution in [0.5, 0.6) is 5.75 Å². The second kappa shape index (κ2) is 6.95. The molecule has 2 heterocycles. The summed E-state index contributed by atoms with van der Waals surface area (Å²) >= 11 is 0. The number of carbonyl (C=O) groups excluding carboxylic acids is 2. The van der Waals surface area contributed by atoms with E-state index in [-0.39, 0.29) is 11.8 Å². The number of methoxy groups -OCH3 is 1. The van der Waals surface area contributed by atoms with Gasteiger partial charge in [0.05, 0.1) is 19.7 Å². The van der Waals surface area contributed by atoms with E-state index in [9.17, 15) is 18.4 Å². The molecule has 2 amide bonds. The highest BCUT2D eigenvalue weighted by molar-refractivity contribution is 5.94. The molecule has 2 fully saturated rings. The van der Waals surface area contributed by atoms with Crippen molar-refractivity contribution in [3.05, 3.63) is 29.8 Å². The molecule has 2 aliphatic rings. The molecule has 1 aromatic carbocycles. The van der Waals surface area contributed by atoms with Crippen LogP contribution in [0.1, 0.15) is 16.8 Å². The van der Waals surface area contributed by atoms with E-state index >= 15 is 0 Å². The molecular formula is C17H21F2N3O3. The van der Waals surface area contributed by atoms with Gasteiger partial charge in [-0.15, -0.1) is 0 Å². The molecule has 0 aliphatic carbocycles. The predicted octanol–water partition coefficient (Wildman–Crippen LogP) is 0.977. The molecule has 6 nitrogen and oxygen atoms in total. The molecule has 1 unspecified atom stereocenters. The first-order chi connectivity index (χ1) is 11.9. The zero-order valence-electron chi connectivity index (χ0n) is 14.0. The van der Waals surface area contributed by atoms with Crippen LogP contribution in [0.15, 0.2) is 24.3 Å². The van der Waals surface area contributed by atoms with Crippen LogP contribution in [-0.2, 0) is 4.79 Å². The zero-order valence-corrected chi connectivity index (χ0v) is 14.0. The Morgan fingerprint density at radius 3 is 2.48 bits per heavy atom. The van der Waals surface area contributed by atoms with E-state index in [1.807, 2.05) is 0 Å². The summed E-state index contributed by atoms with van der Waals surface area (Å²) in [5.41, 5.74) is 0.524. The molecule has 3 rings (SSSR count). The molecule has 8 heteroatoms. The van der Waals surface area contributed by atoms with Gasteiger partial charge in [0.2, 0.25) is 5.91 Å². The lowest BCUT2D eigenvalue weighted by Crippen LogP contribution is -2.54. The number of halogens is 2. The van der Waals surface area contributed by atoms with Crippen molar-refractivity contribution in [2.24, 2.45) is 0 Å². The quantitative estimate of drug-likeness (QED) is 0.880. The number of hydrogen-bond donors (Lipinski definition) is 1. The van der Waals surface area contributed by atoms with Crippen LogP contribution in [0, 0.1) is 0 Å². The standard InChI is InChI=1S/C17H21F2N3O3/c1-25-13-4-2-3-12(9-13)15(23)21-5-7-22(8-6-21)16(24)14-10-17(18,19)11-20-14/h2-4,9,14,20H,5-8,10-11H2,1H3. The van der Waals surface area contributed by atoms with Crippen molar-refractivity contribution in [1.82, 2.24) is 15.1 Å². The smallest absolute Gasteiger partial charge is 0.262 e. The fourth-order valence-electron chi connectivity index (χ4n) is 3.18. The number of amides is 2. The SMILES string of the molecule is COc1cccc(C(=O)N2CCN(C(=O)C3CC(F)(F)CN3)CC2)c1.